The van der Waals surface area contributed by atoms with Crippen LogP contribution in [0.1, 0.15) is 18.1 Å². The first-order valence-corrected chi connectivity index (χ1v) is 8.04. The molecule has 6 heteroatoms. The number of rotatable bonds is 5. The monoisotopic (exact) mass is 330 g/mol. The maximum atomic E-state index is 12.3. The predicted octanol–water partition coefficient (Wildman–Crippen LogP) is 4.33. The molecule has 23 heavy (non-hydrogen) atoms. The summed E-state index contributed by atoms with van der Waals surface area (Å²) in [6.45, 7) is 5.88. The van der Waals surface area contributed by atoms with E-state index in [-0.39, 0.29) is 16.8 Å². The van der Waals surface area contributed by atoms with Crippen molar-refractivity contribution in [2.24, 2.45) is 0 Å². The summed E-state index contributed by atoms with van der Waals surface area (Å²) in [5.41, 5.74) is 2.84. The lowest BCUT2D eigenvalue weighted by atomic mass is 10.2. The van der Waals surface area contributed by atoms with Gasteiger partial charge in [-0.1, -0.05) is 17.7 Å². The number of nitro benzene ring substituents is 1. The number of nitrogens with one attached hydrogen (secondary N) is 1. The van der Waals surface area contributed by atoms with E-state index in [1.165, 1.54) is 36.0 Å². The van der Waals surface area contributed by atoms with Crippen LogP contribution in [0, 0.1) is 24.0 Å². The van der Waals surface area contributed by atoms with Crippen molar-refractivity contribution in [3.63, 3.8) is 0 Å². The Bertz CT molecular complexity index is 729. The quantitative estimate of drug-likeness (QED) is 0.503. The predicted molar refractivity (Wildman–Crippen MR) is 93.0 cm³/mol. The average molecular weight is 330 g/mol. The van der Waals surface area contributed by atoms with E-state index in [4.69, 9.17) is 0 Å². The summed E-state index contributed by atoms with van der Waals surface area (Å²) < 4.78 is 0. The molecule has 0 bridgehead atoms. The molecule has 1 unspecified atom stereocenters. The second-order valence-corrected chi connectivity index (χ2v) is 6.70. The summed E-state index contributed by atoms with van der Waals surface area (Å²) >= 11 is 1.50. The summed E-state index contributed by atoms with van der Waals surface area (Å²) in [6, 6.07) is 12.0. The van der Waals surface area contributed by atoms with Crippen LogP contribution < -0.4 is 5.32 Å². The molecule has 2 rings (SSSR count). The minimum atomic E-state index is -0.468. The molecule has 120 valence electrons. The first-order valence-electron chi connectivity index (χ1n) is 7.16. The smallest absolute Gasteiger partial charge is 0.269 e. The van der Waals surface area contributed by atoms with Crippen LogP contribution in [0.3, 0.4) is 0 Å². The standard InChI is InChI=1S/C17H18N2O3S/c1-11-4-5-12(2)16(10-11)23-13(3)17(20)18-14-6-8-15(9-7-14)19(21)22/h4-10,13H,1-3H3,(H,18,20). The van der Waals surface area contributed by atoms with Crippen molar-refractivity contribution in [2.75, 3.05) is 5.32 Å². The van der Waals surface area contributed by atoms with E-state index in [0.29, 0.717) is 5.69 Å². The molecule has 0 radical (unpaired) electrons. The number of aryl methyl sites for hydroxylation is 2. The van der Waals surface area contributed by atoms with Crippen molar-refractivity contribution in [3.05, 3.63) is 63.7 Å². The molecular weight excluding hydrogens is 312 g/mol. The lowest BCUT2D eigenvalue weighted by Crippen LogP contribution is -2.22. The molecule has 0 aliphatic rings. The molecule has 1 amide bonds. The number of nitrogens with zero attached hydrogens (tertiary/aromatic N) is 1. The van der Waals surface area contributed by atoms with Crippen molar-refractivity contribution in [1.29, 1.82) is 0 Å². The second kappa shape index (κ2) is 7.28. The third-order valence-electron chi connectivity index (χ3n) is 3.36. The summed E-state index contributed by atoms with van der Waals surface area (Å²) in [7, 11) is 0. The molecule has 1 atom stereocenters. The van der Waals surface area contributed by atoms with Gasteiger partial charge in [-0.15, -0.1) is 11.8 Å². The molecule has 2 aromatic carbocycles. The lowest BCUT2D eigenvalue weighted by molar-refractivity contribution is -0.384. The topological polar surface area (TPSA) is 72.2 Å². The van der Waals surface area contributed by atoms with E-state index in [1.807, 2.05) is 32.9 Å². The zero-order valence-electron chi connectivity index (χ0n) is 13.2. The van der Waals surface area contributed by atoms with Crippen molar-refractivity contribution < 1.29 is 9.72 Å². The highest BCUT2D eigenvalue weighted by molar-refractivity contribution is 8.00. The first kappa shape index (κ1) is 17.0. The minimum absolute atomic E-state index is 0.000748. The fraction of sp³-hybridized carbons (Fsp3) is 0.235. The van der Waals surface area contributed by atoms with Crippen LogP contribution in [-0.2, 0) is 4.79 Å². The van der Waals surface area contributed by atoms with Gasteiger partial charge in [0.25, 0.3) is 5.69 Å². The molecule has 0 aliphatic carbocycles. The molecule has 0 saturated carbocycles. The van der Waals surface area contributed by atoms with E-state index in [2.05, 4.69) is 11.4 Å². The molecule has 0 aliphatic heterocycles. The van der Waals surface area contributed by atoms with Gasteiger partial charge in [0.15, 0.2) is 0 Å². The molecule has 2 aromatic rings. The molecular formula is C17H18N2O3S. The number of hydrogen-bond donors (Lipinski definition) is 1. The SMILES string of the molecule is Cc1ccc(C)c(SC(C)C(=O)Nc2ccc([N+](=O)[O-])cc2)c1. The van der Waals surface area contributed by atoms with Gasteiger partial charge in [0, 0.05) is 22.7 Å². The van der Waals surface area contributed by atoms with Crippen LogP contribution in [0.15, 0.2) is 47.4 Å². The van der Waals surface area contributed by atoms with Crippen molar-refractivity contribution in [1.82, 2.24) is 0 Å². The largest absolute Gasteiger partial charge is 0.325 e. The van der Waals surface area contributed by atoms with E-state index < -0.39 is 4.92 Å². The van der Waals surface area contributed by atoms with E-state index >= 15 is 0 Å². The van der Waals surface area contributed by atoms with Gasteiger partial charge >= 0.3 is 0 Å². The Morgan fingerprint density at radius 2 is 1.83 bits per heavy atom. The Kier molecular flexibility index (Phi) is 5.39. The summed E-state index contributed by atoms with van der Waals surface area (Å²) in [5, 5.41) is 13.1. The lowest BCUT2D eigenvalue weighted by Gasteiger charge is -2.14. The number of carbonyl (C=O) groups is 1. The molecule has 0 fully saturated rings. The number of hydrogen-bond acceptors (Lipinski definition) is 4. The van der Waals surface area contributed by atoms with Gasteiger partial charge in [-0.2, -0.15) is 0 Å². The normalized spacial score (nSPS) is 11.8. The van der Waals surface area contributed by atoms with Gasteiger partial charge in [-0.3, -0.25) is 14.9 Å². The molecule has 0 heterocycles. The number of carbonyl (C=O) groups excluding carboxylic acids is 1. The van der Waals surface area contributed by atoms with Gasteiger partial charge in [0.05, 0.1) is 10.2 Å². The van der Waals surface area contributed by atoms with Crippen molar-refractivity contribution >= 4 is 29.0 Å². The van der Waals surface area contributed by atoms with Gasteiger partial charge in [0.2, 0.25) is 5.91 Å². The van der Waals surface area contributed by atoms with Crippen molar-refractivity contribution in [3.8, 4) is 0 Å². The van der Waals surface area contributed by atoms with E-state index in [0.717, 1.165) is 16.0 Å². The van der Waals surface area contributed by atoms with Gasteiger partial charge < -0.3 is 5.32 Å². The maximum Gasteiger partial charge on any atom is 0.269 e. The highest BCUT2D eigenvalue weighted by Gasteiger charge is 2.16. The average Bonchev–Trinajstić information content (AvgIpc) is 2.51. The molecule has 1 N–H and O–H groups in total. The highest BCUT2D eigenvalue weighted by atomic mass is 32.2. The third-order valence-corrected chi connectivity index (χ3v) is 4.62. The van der Waals surface area contributed by atoms with Crippen LogP contribution in [0.5, 0.6) is 0 Å². The second-order valence-electron chi connectivity index (χ2n) is 5.32. The first-order chi connectivity index (χ1) is 10.9. The molecule has 0 aromatic heterocycles. The number of amides is 1. The summed E-state index contributed by atoms with van der Waals surface area (Å²) in [6.07, 6.45) is 0. The molecule has 0 saturated heterocycles. The maximum absolute atomic E-state index is 12.3. The van der Waals surface area contributed by atoms with Gasteiger partial charge in [-0.25, -0.2) is 0 Å². The van der Waals surface area contributed by atoms with Crippen LogP contribution in [0.4, 0.5) is 11.4 Å². The zero-order chi connectivity index (χ0) is 17.0. The number of thioether (sulfide) groups is 1. The number of non-ortho nitro benzene ring substituents is 1. The minimum Gasteiger partial charge on any atom is -0.325 e. The van der Waals surface area contributed by atoms with Crippen LogP contribution in [0.25, 0.3) is 0 Å². The Balaban J connectivity index is 2.02. The molecule has 5 nitrogen and oxygen atoms in total. The van der Waals surface area contributed by atoms with Crippen molar-refractivity contribution in [2.45, 2.75) is 30.9 Å². The van der Waals surface area contributed by atoms with Crippen LogP contribution in [-0.4, -0.2) is 16.1 Å². The Morgan fingerprint density at radius 1 is 1.17 bits per heavy atom. The number of anilines is 1. The third kappa shape index (κ3) is 4.56. The van der Waals surface area contributed by atoms with Crippen LogP contribution in [0.2, 0.25) is 0 Å². The summed E-state index contributed by atoms with van der Waals surface area (Å²) in [5.74, 6) is -0.134. The van der Waals surface area contributed by atoms with E-state index in [9.17, 15) is 14.9 Å². The number of nitro groups is 1. The number of benzene rings is 2. The fourth-order valence-electron chi connectivity index (χ4n) is 1.99. The molecule has 0 spiro atoms. The Hall–Kier alpha value is -2.34. The Morgan fingerprint density at radius 3 is 2.43 bits per heavy atom. The highest BCUT2D eigenvalue weighted by Crippen LogP contribution is 2.28. The zero-order valence-corrected chi connectivity index (χ0v) is 14.0. The Labute approximate surface area is 139 Å². The van der Waals surface area contributed by atoms with Gasteiger partial charge in [-0.05, 0) is 44.5 Å². The van der Waals surface area contributed by atoms with E-state index in [1.54, 1.807) is 0 Å². The summed E-state index contributed by atoms with van der Waals surface area (Å²) in [4.78, 5) is 23.5. The van der Waals surface area contributed by atoms with Gasteiger partial charge in [0.1, 0.15) is 0 Å². The fourth-order valence-corrected chi connectivity index (χ4v) is 3.04. The van der Waals surface area contributed by atoms with Crippen LogP contribution >= 0.6 is 11.8 Å².